The summed E-state index contributed by atoms with van der Waals surface area (Å²) in [5, 5.41) is 2.82. The monoisotopic (exact) mass is 422 g/mol. The fourth-order valence-corrected chi connectivity index (χ4v) is 3.59. The molecule has 1 amide bonds. The third kappa shape index (κ3) is 5.17. The van der Waals surface area contributed by atoms with Gasteiger partial charge in [0.25, 0.3) is 0 Å². The van der Waals surface area contributed by atoms with Crippen LogP contribution in [0.4, 0.5) is 18.9 Å². The molecule has 30 heavy (non-hydrogen) atoms. The second-order valence-electron chi connectivity index (χ2n) is 7.35. The summed E-state index contributed by atoms with van der Waals surface area (Å²) < 4.78 is 50.7. The Hall–Kier alpha value is -2.90. The highest BCUT2D eigenvalue weighted by Crippen LogP contribution is 2.39. The number of nitrogens with one attached hydrogen (secondary N) is 1. The summed E-state index contributed by atoms with van der Waals surface area (Å²) in [7, 11) is 1.23. The lowest BCUT2D eigenvalue weighted by molar-refractivity contribution is -0.138. The van der Waals surface area contributed by atoms with Crippen LogP contribution in [-0.2, 0) is 11.0 Å². The number of alkyl halides is 3. The summed E-state index contributed by atoms with van der Waals surface area (Å²) in [5.74, 6) is 0.402. The van der Waals surface area contributed by atoms with E-state index in [1.807, 2.05) is 36.1 Å². The molecule has 162 valence electrons. The van der Waals surface area contributed by atoms with Crippen molar-refractivity contribution >= 4 is 11.6 Å². The van der Waals surface area contributed by atoms with Crippen LogP contribution in [0.5, 0.6) is 11.5 Å². The van der Waals surface area contributed by atoms with Gasteiger partial charge in [0.15, 0.2) is 0 Å². The van der Waals surface area contributed by atoms with Gasteiger partial charge < -0.3 is 19.7 Å². The zero-order chi connectivity index (χ0) is 21.9. The number of benzene rings is 2. The Bertz CT molecular complexity index is 884. The van der Waals surface area contributed by atoms with Crippen LogP contribution >= 0.6 is 0 Å². The Morgan fingerprint density at radius 2 is 1.90 bits per heavy atom. The molecule has 0 aromatic heterocycles. The summed E-state index contributed by atoms with van der Waals surface area (Å²) in [6.45, 7) is 4.47. The van der Waals surface area contributed by atoms with Gasteiger partial charge in [-0.15, -0.1) is 0 Å². The molecule has 2 aromatic rings. The number of hydrogen-bond donors (Lipinski definition) is 1. The molecule has 3 rings (SSSR count). The minimum atomic E-state index is -4.48. The summed E-state index contributed by atoms with van der Waals surface area (Å²) in [4.78, 5) is 13.1. The third-order valence-electron chi connectivity index (χ3n) is 5.10. The maximum Gasteiger partial charge on any atom is 0.420 e. The highest BCUT2D eigenvalue weighted by molar-refractivity contribution is 5.73. The summed E-state index contributed by atoms with van der Waals surface area (Å²) in [5.41, 5.74) is 0.674. The molecule has 1 N–H and O–H groups in total. The second-order valence-corrected chi connectivity index (χ2v) is 7.35. The van der Waals surface area contributed by atoms with Gasteiger partial charge in [0.1, 0.15) is 17.6 Å². The van der Waals surface area contributed by atoms with Gasteiger partial charge in [0.05, 0.1) is 25.3 Å². The fourth-order valence-electron chi connectivity index (χ4n) is 3.59. The van der Waals surface area contributed by atoms with E-state index in [1.165, 1.54) is 20.1 Å². The van der Waals surface area contributed by atoms with E-state index in [2.05, 4.69) is 5.32 Å². The van der Waals surface area contributed by atoms with E-state index in [4.69, 9.17) is 9.47 Å². The molecule has 0 radical (unpaired) electrons. The molecule has 0 spiro atoms. The van der Waals surface area contributed by atoms with Gasteiger partial charge in [-0.25, -0.2) is 0 Å². The Labute approximate surface area is 173 Å². The molecule has 1 fully saturated rings. The van der Waals surface area contributed by atoms with Crippen LogP contribution in [-0.4, -0.2) is 32.2 Å². The lowest BCUT2D eigenvalue weighted by atomic mass is 10.1. The van der Waals surface area contributed by atoms with Crippen molar-refractivity contribution in [1.29, 1.82) is 0 Å². The van der Waals surface area contributed by atoms with Crippen molar-refractivity contribution in [3.05, 3.63) is 53.6 Å². The number of carbonyl (C=O) groups excluding carboxylic acids is 1. The molecule has 2 atom stereocenters. The van der Waals surface area contributed by atoms with Crippen molar-refractivity contribution < 1.29 is 27.4 Å². The first-order valence-corrected chi connectivity index (χ1v) is 9.71. The van der Waals surface area contributed by atoms with E-state index in [0.29, 0.717) is 30.9 Å². The average molecular weight is 422 g/mol. The molecule has 0 aliphatic carbocycles. The van der Waals surface area contributed by atoms with E-state index in [9.17, 15) is 18.0 Å². The zero-order valence-electron chi connectivity index (χ0n) is 17.1. The molecule has 1 saturated heterocycles. The number of nitrogens with zero attached hydrogens (tertiary/aromatic N) is 1. The zero-order valence-corrected chi connectivity index (χ0v) is 17.1. The SMILES string of the molecule is COc1ccc(N2CC[C@@H](Oc3ccc([C@H](C)NC(C)=O)cc3)C2)cc1C(F)(F)F. The molecule has 1 aliphatic heterocycles. The van der Waals surface area contributed by atoms with Crippen LogP contribution in [0.2, 0.25) is 0 Å². The van der Waals surface area contributed by atoms with Crippen LogP contribution in [0.15, 0.2) is 42.5 Å². The van der Waals surface area contributed by atoms with Crippen molar-refractivity contribution in [2.75, 3.05) is 25.1 Å². The Morgan fingerprint density at radius 3 is 2.50 bits per heavy atom. The fraction of sp³-hybridized carbons (Fsp3) is 0.409. The summed E-state index contributed by atoms with van der Waals surface area (Å²) in [6.07, 6.45) is -3.90. The number of carbonyl (C=O) groups is 1. The summed E-state index contributed by atoms with van der Waals surface area (Å²) >= 11 is 0. The van der Waals surface area contributed by atoms with Crippen molar-refractivity contribution in [2.24, 2.45) is 0 Å². The van der Waals surface area contributed by atoms with E-state index in [0.717, 1.165) is 11.6 Å². The topological polar surface area (TPSA) is 50.8 Å². The molecular formula is C22H25F3N2O3. The third-order valence-corrected chi connectivity index (χ3v) is 5.10. The Morgan fingerprint density at radius 1 is 1.20 bits per heavy atom. The second kappa shape index (κ2) is 8.85. The first-order valence-electron chi connectivity index (χ1n) is 9.71. The average Bonchev–Trinajstić information content (AvgIpc) is 3.15. The van der Waals surface area contributed by atoms with Crippen LogP contribution in [0, 0.1) is 0 Å². The predicted molar refractivity (Wildman–Crippen MR) is 108 cm³/mol. The first-order chi connectivity index (χ1) is 14.2. The number of rotatable bonds is 6. The maximum absolute atomic E-state index is 13.3. The lowest BCUT2D eigenvalue weighted by Crippen LogP contribution is -2.25. The molecule has 1 heterocycles. The molecule has 8 heteroatoms. The number of hydrogen-bond acceptors (Lipinski definition) is 4. The van der Waals surface area contributed by atoms with Crippen LogP contribution < -0.4 is 19.7 Å². The van der Waals surface area contributed by atoms with Crippen LogP contribution in [0.1, 0.15) is 37.4 Å². The highest BCUT2D eigenvalue weighted by atomic mass is 19.4. The molecule has 2 aromatic carbocycles. The molecular weight excluding hydrogens is 397 g/mol. The normalized spacial score (nSPS) is 17.5. The van der Waals surface area contributed by atoms with Gasteiger partial charge >= 0.3 is 6.18 Å². The molecule has 0 saturated carbocycles. The van der Waals surface area contributed by atoms with Gasteiger partial charge in [-0.3, -0.25) is 4.79 Å². The smallest absolute Gasteiger partial charge is 0.420 e. The van der Waals surface area contributed by atoms with Crippen LogP contribution in [0.3, 0.4) is 0 Å². The standard InChI is InChI=1S/C22H25F3N2O3/c1-14(26-15(2)28)16-4-7-18(8-5-16)30-19-10-11-27(13-19)17-6-9-21(29-3)20(12-17)22(23,24)25/h4-9,12,14,19H,10-11,13H2,1-3H3,(H,26,28)/t14-,19+/m0/s1. The van der Waals surface area contributed by atoms with Crippen LogP contribution in [0.25, 0.3) is 0 Å². The number of halogens is 3. The van der Waals surface area contributed by atoms with Gasteiger partial charge in [-0.2, -0.15) is 13.2 Å². The minimum Gasteiger partial charge on any atom is -0.496 e. The number of anilines is 1. The molecule has 1 aliphatic rings. The van der Waals surface area contributed by atoms with Crippen molar-refractivity contribution in [2.45, 2.75) is 38.6 Å². The van der Waals surface area contributed by atoms with E-state index in [-0.39, 0.29) is 23.8 Å². The Balaban J connectivity index is 1.64. The first kappa shape index (κ1) is 21.8. The minimum absolute atomic E-state index is 0.0962. The highest BCUT2D eigenvalue weighted by Gasteiger charge is 2.35. The number of ether oxygens (including phenoxy) is 2. The largest absolute Gasteiger partial charge is 0.496 e. The van der Waals surface area contributed by atoms with E-state index >= 15 is 0 Å². The van der Waals surface area contributed by atoms with E-state index < -0.39 is 11.7 Å². The predicted octanol–water partition coefficient (Wildman–Crippen LogP) is 4.57. The van der Waals surface area contributed by atoms with Gasteiger partial charge in [0, 0.05) is 25.6 Å². The van der Waals surface area contributed by atoms with Crippen molar-refractivity contribution in [3.8, 4) is 11.5 Å². The van der Waals surface area contributed by atoms with Gasteiger partial charge in [-0.05, 0) is 42.8 Å². The van der Waals surface area contributed by atoms with Crippen molar-refractivity contribution in [3.63, 3.8) is 0 Å². The van der Waals surface area contributed by atoms with Gasteiger partial charge in [-0.1, -0.05) is 12.1 Å². The maximum atomic E-state index is 13.3. The van der Waals surface area contributed by atoms with E-state index in [1.54, 1.807) is 6.07 Å². The Kier molecular flexibility index (Phi) is 6.43. The lowest BCUT2D eigenvalue weighted by Gasteiger charge is -2.21. The van der Waals surface area contributed by atoms with Crippen molar-refractivity contribution in [1.82, 2.24) is 5.32 Å². The quantitative estimate of drug-likeness (QED) is 0.741. The molecule has 0 bridgehead atoms. The molecule has 5 nitrogen and oxygen atoms in total. The number of amides is 1. The van der Waals surface area contributed by atoms with Gasteiger partial charge in [0.2, 0.25) is 5.91 Å². The summed E-state index contributed by atoms with van der Waals surface area (Å²) in [6, 6.07) is 11.5. The number of methoxy groups -OCH3 is 1. The molecule has 0 unspecified atom stereocenters.